The van der Waals surface area contributed by atoms with Crippen molar-refractivity contribution in [1.82, 2.24) is 0 Å². The highest BCUT2D eigenvalue weighted by atomic mass is 32.2. The maximum Gasteiger partial charge on any atom is 0.418 e. The van der Waals surface area contributed by atoms with Crippen LogP contribution >= 0.6 is 11.8 Å². The minimum Gasteiger partial charge on any atom is -0.399 e. The molecule has 0 bridgehead atoms. The van der Waals surface area contributed by atoms with Crippen molar-refractivity contribution in [2.24, 2.45) is 0 Å². The molecule has 6 heteroatoms. The Bertz CT molecular complexity index is 393. The van der Waals surface area contributed by atoms with Crippen molar-refractivity contribution in [3.63, 3.8) is 0 Å². The van der Waals surface area contributed by atoms with Gasteiger partial charge in [0.15, 0.2) is 0 Å². The van der Waals surface area contributed by atoms with Crippen molar-refractivity contribution in [2.45, 2.75) is 25.6 Å². The summed E-state index contributed by atoms with van der Waals surface area (Å²) in [6.07, 6.45) is -1.70. The Labute approximate surface area is 109 Å². The Hall–Kier alpha value is -1.04. The van der Waals surface area contributed by atoms with E-state index in [0.29, 0.717) is 0 Å². The second-order valence-electron chi connectivity index (χ2n) is 4.01. The van der Waals surface area contributed by atoms with Crippen LogP contribution in [-0.2, 0) is 6.18 Å². The number of alkyl halides is 3. The summed E-state index contributed by atoms with van der Waals surface area (Å²) < 4.78 is 38.6. The second-order valence-corrected chi connectivity index (χ2v) is 4.92. The SMILES string of the molecule is CCC(CSC)Nc1ccc(N)cc1C(F)(F)F. The summed E-state index contributed by atoms with van der Waals surface area (Å²) in [5.74, 6) is 0.762. The van der Waals surface area contributed by atoms with Crippen LogP contribution in [-0.4, -0.2) is 18.1 Å². The van der Waals surface area contributed by atoms with Crippen LogP contribution in [0.4, 0.5) is 24.5 Å². The van der Waals surface area contributed by atoms with Gasteiger partial charge < -0.3 is 11.1 Å². The molecule has 0 spiro atoms. The smallest absolute Gasteiger partial charge is 0.399 e. The molecule has 102 valence electrons. The zero-order chi connectivity index (χ0) is 13.8. The van der Waals surface area contributed by atoms with Crippen LogP contribution in [0, 0.1) is 0 Å². The summed E-state index contributed by atoms with van der Waals surface area (Å²) in [5.41, 5.74) is 4.92. The first kappa shape index (κ1) is 15.0. The predicted molar refractivity (Wildman–Crippen MR) is 71.9 cm³/mol. The molecule has 1 aromatic carbocycles. The average Bonchev–Trinajstić information content (AvgIpc) is 2.29. The molecule has 1 unspecified atom stereocenters. The lowest BCUT2D eigenvalue weighted by Crippen LogP contribution is -2.23. The van der Waals surface area contributed by atoms with Crippen LogP contribution in [0.2, 0.25) is 0 Å². The molecule has 1 rings (SSSR count). The number of halogens is 3. The molecule has 0 amide bonds. The standard InChI is InChI=1S/C12H17F3N2S/c1-3-9(7-18-2)17-11-5-4-8(16)6-10(11)12(13,14)15/h4-6,9,17H,3,7,16H2,1-2H3. The minimum absolute atomic E-state index is 0.0183. The fourth-order valence-corrected chi connectivity index (χ4v) is 2.33. The minimum atomic E-state index is -4.39. The van der Waals surface area contributed by atoms with Gasteiger partial charge in [-0.25, -0.2) is 0 Å². The van der Waals surface area contributed by atoms with Crippen molar-refractivity contribution in [1.29, 1.82) is 0 Å². The number of nitrogen functional groups attached to an aromatic ring is 1. The van der Waals surface area contributed by atoms with Gasteiger partial charge in [0.25, 0.3) is 0 Å². The van der Waals surface area contributed by atoms with Gasteiger partial charge in [0.2, 0.25) is 0 Å². The summed E-state index contributed by atoms with van der Waals surface area (Å²) in [6.45, 7) is 1.94. The van der Waals surface area contributed by atoms with Gasteiger partial charge in [-0.2, -0.15) is 24.9 Å². The van der Waals surface area contributed by atoms with E-state index >= 15 is 0 Å². The third-order valence-electron chi connectivity index (χ3n) is 2.57. The van der Waals surface area contributed by atoms with Gasteiger partial charge in [0.05, 0.1) is 5.56 Å². The number of thioether (sulfide) groups is 1. The van der Waals surface area contributed by atoms with E-state index in [9.17, 15) is 13.2 Å². The number of hydrogen-bond acceptors (Lipinski definition) is 3. The molecule has 0 aliphatic heterocycles. The van der Waals surface area contributed by atoms with Crippen LogP contribution in [0.1, 0.15) is 18.9 Å². The van der Waals surface area contributed by atoms with Crippen molar-refractivity contribution in [3.8, 4) is 0 Å². The number of hydrogen-bond donors (Lipinski definition) is 2. The van der Waals surface area contributed by atoms with Crippen molar-refractivity contribution in [3.05, 3.63) is 23.8 Å². The lowest BCUT2D eigenvalue weighted by atomic mass is 10.1. The molecule has 0 heterocycles. The number of rotatable bonds is 5. The third kappa shape index (κ3) is 4.01. The zero-order valence-corrected chi connectivity index (χ0v) is 11.2. The topological polar surface area (TPSA) is 38.0 Å². The average molecular weight is 278 g/mol. The van der Waals surface area contributed by atoms with Crippen molar-refractivity contribution < 1.29 is 13.2 Å². The highest BCUT2D eigenvalue weighted by molar-refractivity contribution is 7.98. The van der Waals surface area contributed by atoms with Crippen LogP contribution < -0.4 is 11.1 Å². The highest BCUT2D eigenvalue weighted by Crippen LogP contribution is 2.36. The quantitative estimate of drug-likeness (QED) is 0.804. The van der Waals surface area contributed by atoms with Gasteiger partial charge in [-0.1, -0.05) is 6.92 Å². The first-order valence-electron chi connectivity index (χ1n) is 5.60. The molecule has 0 saturated heterocycles. The lowest BCUT2D eigenvalue weighted by molar-refractivity contribution is -0.136. The Morgan fingerprint density at radius 1 is 1.39 bits per heavy atom. The van der Waals surface area contributed by atoms with Gasteiger partial charge in [-0.3, -0.25) is 0 Å². The Balaban J connectivity index is 3.01. The molecule has 0 saturated carbocycles. The molecule has 0 aliphatic rings. The van der Waals surface area contributed by atoms with Gasteiger partial charge in [-0.15, -0.1) is 0 Å². The molecule has 0 radical (unpaired) electrons. The molecular formula is C12H17F3N2S. The lowest BCUT2D eigenvalue weighted by Gasteiger charge is -2.21. The predicted octanol–water partition coefficient (Wildman–Crippen LogP) is 3.84. The second kappa shape index (κ2) is 6.22. The Morgan fingerprint density at radius 3 is 2.56 bits per heavy atom. The summed E-state index contributed by atoms with van der Waals surface area (Å²) in [4.78, 5) is 0. The summed E-state index contributed by atoms with van der Waals surface area (Å²) >= 11 is 1.60. The normalized spacial score (nSPS) is 13.4. The molecule has 2 nitrogen and oxygen atoms in total. The van der Waals surface area contributed by atoms with Crippen molar-refractivity contribution in [2.75, 3.05) is 23.1 Å². The molecule has 0 aliphatic carbocycles. The molecule has 18 heavy (non-hydrogen) atoms. The largest absolute Gasteiger partial charge is 0.418 e. The maximum atomic E-state index is 12.9. The fourth-order valence-electron chi connectivity index (χ4n) is 1.60. The van der Waals surface area contributed by atoms with Crippen molar-refractivity contribution >= 4 is 23.1 Å². The van der Waals surface area contributed by atoms with E-state index in [1.165, 1.54) is 12.1 Å². The molecule has 0 aromatic heterocycles. The van der Waals surface area contributed by atoms with E-state index in [0.717, 1.165) is 18.2 Å². The third-order valence-corrected chi connectivity index (χ3v) is 3.31. The van der Waals surface area contributed by atoms with Gasteiger partial charge >= 0.3 is 6.18 Å². The van der Waals surface area contributed by atoms with E-state index in [2.05, 4.69) is 5.32 Å². The van der Waals surface area contributed by atoms with Crippen LogP contribution in [0.3, 0.4) is 0 Å². The number of anilines is 2. The summed E-state index contributed by atoms with van der Waals surface area (Å²) in [5, 5.41) is 2.94. The Kier molecular flexibility index (Phi) is 5.19. The summed E-state index contributed by atoms with van der Waals surface area (Å²) in [6, 6.07) is 3.85. The molecular weight excluding hydrogens is 261 g/mol. The molecule has 3 N–H and O–H groups in total. The first-order valence-corrected chi connectivity index (χ1v) is 7.00. The zero-order valence-electron chi connectivity index (χ0n) is 10.3. The molecule has 1 aromatic rings. The van der Waals surface area contributed by atoms with E-state index in [1.807, 2.05) is 13.2 Å². The fraction of sp³-hybridized carbons (Fsp3) is 0.500. The van der Waals surface area contributed by atoms with Gasteiger partial charge in [-0.05, 0) is 30.9 Å². The first-order chi connectivity index (χ1) is 8.38. The van der Waals surface area contributed by atoms with E-state index < -0.39 is 11.7 Å². The van der Waals surface area contributed by atoms with Gasteiger partial charge in [0, 0.05) is 23.2 Å². The van der Waals surface area contributed by atoms with Gasteiger partial charge in [0.1, 0.15) is 0 Å². The van der Waals surface area contributed by atoms with E-state index in [4.69, 9.17) is 5.73 Å². The molecule has 1 atom stereocenters. The maximum absolute atomic E-state index is 12.9. The van der Waals surface area contributed by atoms with E-state index in [-0.39, 0.29) is 17.4 Å². The van der Waals surface area contributed by atoms with E-state index in [1.54, 1.807) is 11.8 Å². The Morgan fingerprint density at radius 2 is 2.06 bits per heavy atom. The number of nitrogens with one attached hydrogen (secondary N) is 1. The van der Waals surface area contributed by atoms with Crippen LogP contribution in [0.5, 0.6) is 0 Å². The number of nitrogens with two attached hydrogens (primary N) is 1. The van der Waals surface area contributed by atoms with Crippen LogP contribution in [0.15, 0.2) is 18.2 Å². The monoisotopic (exact) mass is 278 g/mol. The summed E-state index contributed by atoms with van der Waals surface area (Å²) in [7, 11) is 0. The number of benzene rings is 1. The highest BCUT2D eigenvalue weighted by Gasteiger charge is 2.34. The molecule has 0 fully saturated rings. The van der Waals surface area contributed by atoms with Crippen LogP contribution in [0.25, 0.3) is 0 Å².